The first kappa shape index (κ1) is 14.9. The molecule has 100 valence electrons. The molecule has 1 nitrogen and oxygen atoms in total. The van der Waals surface area contributed by atoms with E-state index >= 15 is 0 Å². The second-order valence-corrected chi connectivity index (χ2v) is 6.70. The first-order chi connectivity index (χ1) is 9.08. The van der Waals surface area contributed by atoms with Crippen molar-refractivity contribution in [1.82, 2.24) is 0 Å². The molecule has 0 bridgehead atoms. The molecule has 0 spiro atoms. The van der Waals surface area contributed by atoms with Gasteiger partial charge in [0, 0.05) is 3.57 Å². The van der Waals surface area contributed by atoms with Gasteiger partial charge in [0.25, 0.3) is 0 Å². The van der Waals surface area contributed by atoms with Gasteiger partial charge in [-0.2, -0.15) is 0 Å². The van der Waals surface area contributed by atoms with Gasteiger partial charge >= 0.3 is 0 Å². The van der Waals surface area contributed by atoms with E-state index in [1.54, 1.807) is 0 Å². The molecule has 2 aromatic carbocycles. The van der Waals surface area contributed by atoms with Gasteiger partial charge in [0.2, 0.25) is 0 Å². The second kappa shape index (κ2) is 6.75. The third kappa shape index (κ3) is 3.96. The van der Waals surface area contributed by atoms with Gasteiger partial charge in [-0.25, -0.2) is 0 Å². The molecule has 2 rings (SSSR count). The summed E-state index contributed by atoms with van der Waals surface area (Å²) in [6.07, 6.45) is 0.209. The van der Waals surface area contributed by atoms with Crippen molar-refractivity contribution in [3.63, 3.8) is 0 Å². The van der Waals surface area contributed by atoms with E-state index < -0.39 is 0 Å². The molecule has 0 heterocycles. The van der Waals surface area contributed by atoms with Crippen LogP contribution in [0.3, 0.4) is 0 Å². The van der Waals surface area contributed by atoms with Gasteiger partial charge in [0.1, 0.15) is 5.75 Å². The second-order valence-electron chi connectivity index (χ2n) is 4.62. The number of ether oxygens (including phenoxy) is 1. The fraction of sp³-hybridized carbons (Fsp3) is 0.250. The quantitative estimate of drug-likeness (QED) is 0.455. The molecule has 0 N–H and O–H groups in total. The highest BCUT2D eigenvalue weighted by Gasteiger charge is 2.13. The fourth-order valence-electron chi connectivity index (χ4n) is 1.85. The van der Waals surface area contributed by atoms with E-state index in [1.165, 1.54) is 14.7 Å². The minimum Gasteiger partial charge on any atom is -0.491 e. The van der Waals surface area contributed by atoms with Crippen LogP contribution in [0.5, 0.6) is 5.75 Å². The number of alkyl halides is 1. The fourth-order valence-corrected chi connectivity index (χ4v) is 3.68. The maximum atomic E-state index is 5.66. The first-order valence-corrected chi connectivity index (χ1v) is 8.22. The monoisotopic (exact) mass is 430 g/mol. The molecule has 1 atom stereocenters. The van der Waals surface area contributed by atoms with Crippen LogP contribution in [0.15, 0.2) is 48.5 Å². The highest BCUT2D eigenvalue weighted by atomic mass is 127. The topological polar surface area (TPSA) is 9.23 Å². The highest BCUT2D eigenvalue weighted by molar-refractivity contribution is 14.1. The predicted molar refractivity (Wildman–Crippen MR) is 92.1 cm³/mol. The van der Waals surface area contributed by atoms with Crippen molar-refractivity contribution >= 4 is 38.5 Å². The van der Waals surface area contributed by atoms with Crippen LogP contribution < -0.4 is 4.74 Å². The molecule has 0 amide bonds. The Bertz CT molecular complexity index is 537. The molecular formula is C16H16BrIO. The molecule has 3 heteroatoms. The van der Waals surface area contributed by atoms with Crippen LogP contribution in [-0.4, -0.2) is 6.10 Å². The maximum absolute atomic E-state index is 5.66. The third-order valence-electron chi connectivity index (χ3n) is 2.72. The van der Waals surface area contributed by atoms with Crippen molar-refractivity contribution < 1.29 is 4.74 Å². The Hall–Kier alpha value is -0.550. The van der Waals surface area contributed by atoms with Crippen LogP contribution in [0.4, 0.5) is 0 Å². The van der Waals surface area contributed by atoms with E-state index in [0.29, 0.717) is 0 Å². The lowest BCUT2D eigenvalue weighted by Gasteiger charge is -2.14. The van der Waals surface area contributed by atoms with Crippen LogP contribution in [0, 0.1) is 3.57 Å². The van der Waals surface area contributed by atoms with E-state index in [-0.39, 0.29) is 10.9 Å². The standard InChI is InChI=1S/C16H16BrIO/c1-11(2)19-13-9-7-12(8-10-13)16(17)14-5-3-4-6-15(14)18/h3-11,16H,1-2H3. The smallest absolute Gasteiger partial charge is 0.119 e. The Morgan fingerprint density at radius 1 is 1.00 bits per heavy atom. The molecule has 0 aliphatic carbocycles. The molecule has 0 aromatic heterocycles. The summed E-state index contributed by atoms with van der Waals surface area (Å²) < 4.78 is 6.93. The Kier molecular flexibility index (Phi) is 5.28. The number of hydrogen-bond donors (Lipinski definition) is 0. The van der Waals surface area contributed by atoms with Gasteiger partial charge in [-0.1, -0.05) is 46.3 Å². The van der Waals surface area contributed by atoms with Crippen LogP contribution in [0.1, 0.15) is 29.8 Å². The van der Waals surface area contributed by atoms with Crippen molar-refractivity contribution in [3.05, 3.63) is 63.2 Å². The third-order valence-corrected chi connectivity index (χ3v) is 4.73. The first-order valence-electron chi connectivity index (χ1n) is 6.23. The average molecular weight is 431 g/mol. The van der Waals surface area contributed by atoms with Crippen molar-refractivity contribution in [2.75, 3.05) is 0 Å². The van der Waals surface area contributed by atoms with Crippen molar-refractivity contribution in [2.45, 2.75) is 24.8 Å². The molecular weight excluding hydrogens is 415 g/mol. The molecule has 0 aliphatic heterocycles. The van der Waals surface area contributed by atoms with Crippen LogP contribution >= 0.6 is 38.5 Å². The van der Waals surface area contributed by atoms with Gasteiger partial charge in [-0.3, -0.25) is 0 Å². The Morgan fingerprint density at radius 3 is 2.21 bits per heavy atom. The lowest BCUT2D eigenvalue weighted by atomic mass is 10.0. The minimum atomic E-state index is 0.209. The molecule has 2 aromatic rings. The lowest BCUT2D eigenvalue weighted by molar-refractivity contribution is 0.242. The molecule has 0 radical (unpaired) electrons. The van der Waals surface area contributed by atoms with Crippen LogP contribution in [-0.2, 0) is 0 Å². The van der Waals surface area contributed by atoms with E-state index in [9.17, 15) is 0 Å². The summed E-state index contributed by atoms with van der Waals surface area (Å²) in [7, 11) is 0. The molecule has 0 fully saturated rings. The zero-order chi connectivity index (χ0) is 13.8. The zero-order valence-corrected chi connectivity index (χ0v) is 14.7. The summed E-state index contributed by atoms with van der Waals surface area (Å²) in [5.74, 6) is 0.918. The summed E-state index contributed by atoms with van der Waals surface area (Å²) in [5.41, 5.74) is 2.53. The van der Waals surface area contributed by atoms with Crippen molar-refractivity contribution in [3.8, 4) is 5.75 Å². The van der Waals surface area contributed by atoms with E-state index in [1.807, 2.05) is 26.0 Å². The van der Waals surface area contributed by atoms with Gasteiger partial charge in [0.05, 0.1) is 10.9 Å². The van der Waals surface area contributed by atoms with E-state index in [0.717, 1.165) is 5.75 Å². The Morgan fingerprint density at radius 2 is 1.63 bits per heavy atom. The lowest BCUT2D eigenvalue weighted by Crippen LogP contribution is -2.05. The maximum Gasteiger partial charge on any atom is 0.119 e. The molecule has 0 saturated heterocycles. The summed E-state index contributed by atoms with van der Waals surface area (Å²) in [6.45, 7) is 4.07. The molecule has 0 aliphatic rings. The van der Waals surface area contributed by atoms with Crippen molar-refractivity contribution in [1.29, 1.82) is 0 Å². The summed E-state index contributed by atoms with van der Waals surface area (Å²) in [5, 5.41) is 0. The van der Waals surface area contributed by atoms with Gasteiger partial charge in [0.15, 0.2) is 0 Å². The normalized spacial score (nSPS) is 12.5. The number of rotatable bonds is 4. The largest absolute Gasteiger partial charge is 0.491 e. The molecule has 19 heavy (non-hydrogen) atoms. The number of benzene rings is 2. The number of hydrogen-bond acceptors (Lipinski definition) is 1. The zero-order valence-electron chi connectivity index (χ0n) is 10.9. The molecule has 0 saturated carbocycles. The molecule has 1 unspecified atom stereocenters. The predicted octanol–water partition coefficient (Wildman–Crippen LogP) is 5.56. The van der Waals surface area contributed by atoms with E-state index in [4.69, 9.17) is 4.74 Å². The van der Waals surface area contributed by atoms with Gasteiger partial charge < -0.3 is 4.74 Å². The number of halogens is 2. The van der Waals surface area contributed by atoms with Gasteiger partial charge in [-0.05, 0) is 65.8 Å². The average Bonchev–Trinajstić information content (AvgIpc) is 2.39. The minimum absolute atomic E-state index is 0.209. The Balaban J connectivity index is 2.20. The van der Waals surface area contributed by atoms with Crippen LogP contribution in [0.2, 0.25) is 0 Å². The highest BCUT2D eigenvalue weighted by Crippen LogP contribution is 2.34. The summed E-state index contributed by atoms with van der Waals surface area (Å²) in [4.78, 5) is 0.216. The van der Waals surface area contributed by atoms with E-state index in [2.05, 4.69) is 74.9 Å². The van der Waals surface area contributed by atoms with Gasteiger partial charge in [-0.15, -0.1) is 0 Å². The Labute approximate surface area is 136 Å². The van der Waals surface area contributed by atoms with Crippen molar-refractivity contribution in [2.24, 2.45) is 0 Å². The SMILES string of the molecule is CC(C)Oc1ccc(C(Br)c2ccccc2I)cc1. The summed E-state index contributed by atoms with van der Waals surface area (Å²) in [6, 6.07) is 16.7. The summed E-state index contributed by atoms with van der Waals surface area (Å²) >= 11 is 6.15. The van der Waals surface area contributed by atoms with Crippen LogP contribution in [0.25, 0.3) is 0 Å².